The molecule has 4 heterocycles. The van der Waals surface area contributed by atoms with E-state index in [1.165, 1.54) is 0 Å². The van der Waals surface area contributed by atoms with Crippen LogP contribution < -0.4 is 0 Å². The van der Waals surface area contributed by atoms with E-state index in [1.807, 2.05) is 109 Å². The Kier molecular flexibility index (Phi) is 7.35. The van der Waals surface area contributed by atoms with E-state index < -0.39 is 0 Å². The largest absolute Gasteiger partial charge is 0.452 e. The summed E-state index contributed by atoms with van der Waals surface area (Å²) in [6.45, 7) is 0. The molecule has 0 spiro atoms. The summed E-state index contributed by atoms with van der Waals surface area (Å²) in [5.41, 5.74) is 10.8. The summed E-state index contributed by atoms with van der Waals surface area (Å²) in [7, 11) is 0. The van der Waals surface area contributed by atoms with Gasteiger partial charge in [0.05, 0.1) is 11.0 Å². The molecule has 4 aromatic heterocycles. The summed E-state index contributed by atoms with van der Waals surface area (Å²) in [6.07, 6.45) is 0. The number of aromatic nitrogens is 6. The highest BCUT2D eigenvalue weighted by Crippen LogP contribution is 2.41. The number of hydrogen-bond acceptors (Lipinski definition) is 6. The fourth-order valence-corrected chi connectivity index (χ4v) is 7.59. The number of para-hydroxylation sites is 1. The van der Waals surface area contributed by atoms with Gasteiger partial charge in [0.15, 0.2) is 28.9 Å². The van der Waals surface area contributed by atoms with Gasteiger partial charge in [-0.15, -0.1) is 0 Å². The van der Waals surface area contributed by atoms with E-state index in [9.17, 15) is 0 Å². The first-order chi connectivity index (χ1) is 27.7. The molecule has 0 radical (unpaired) electrons. The van der Waals surface area contributed by atoms with Gasteiger partial charge < -0.3 is 8.98 Å². The maximum absolute atomic E-state index is 6.74. The molecule has 7 aromatic carbocycles. The molecule has 7 nitrogen and oxygen atoms in total. The molecule has 0 aliphatic heterocycles. The molecule has 262 valence electrons. The number of fused-ring (bicyclic) bond motifs is 6. The van der Waals surface area contributed by atoms with E-state index in [0.717, 1.165) is 77.5 Å². The van der Waals surface area contributed by atoms with Gasteiger partial charge in [-0.05, 0) is 36.4 Å². The van der Waals surface area contributed by atoms with Gasteiger partial charge >= 0.3 is 0 Å². The standard InChI is InChI=1S/C49H30N6O/c1-5-15-31(16-6-1)43-45-44(51-46(50-43)32-17-7-2-8-18-32)39-29-38-37-23-13-14-24-40(37)55(41(38)30-42(39)56-45)36-27-25-35(26-28-36)49-53-47(33-19-9-3-10-20-33)52-48(54-49)34-21-11-4-12-22-34/h1-30H. The molecule has 0 bridgehead atoms. The molecular formula is C49H30N6O. The fourth-order valence-electron chi connectivity index (χ4n) is 7.59. The molecule has 56 heavy (non-hydrogen) atoms. The first-order valence-electron chi connectivity index (χ1n) is 18.5. The van der Waals surface area contributed by atoms with Gasteiger partial charge in [0.1, 0.15) is 16.8 Å². The molecule has 0 atom stereocenters. The van der Waals surface area contributed by atoms with Crippen LogP contribution in [0.15, 0.2) is 186 Å². The Balaban J connectivity index is 1.08. The van der Waals surface area contributed by atoms with Crippen LogP contribution in [0.5, 0.6) is 0 Å². The maximum Gasteiger partial charge on any atom is 0.180 e. The Morgan fingerprint density at radius 2 is 0.839 bits per heavy atom. The molecule has 11 aromatic rings. The number of benzene rings is 7. The van der Waals surface area contributed by atoms with Crippen LogP contribution in [0.1, 0.15) is 0 Å². The summed E-state index contributed by atoms with van der Waals surface area (Å²) < 4.78 is 9.03. The van der Waals surface area contributed by atoms with Crippen molar-refractivity contribution >= 4 is 43.9 Å². The third-order valence-corrected chi connectivity index (χ3v) is 10.3. The van der Waals surface area contributed by atoms with Crippen LogP contribution >= 0.6 is 0 Å². The van der Waals surface area contributed by atoms with Gasteiger partial charge in [-0.3, -0.25) is 0 Å². The third kappa shape index (κ3) is 5.33. The molecule has 0 amide bonds. The summed E-state index contributed by atoms with van der Waals surface area (Å²) in [5.74, 6) is 2.53. The molecule has 0 aliphatic rings. The van der Waals surface area contributed by atoms with Crippen molar-refractivity contribution in [2.24, 2.45) is 0 Å². The van der Waals surface area contributed by atoms with Crippen molar-refractivity contribution in [3.05, 3.63) is 182 Å². The lowest BCUT2D eigenvalue weighted by Crippen LogP contribution is -2.00. The minimum absolute atomic E-state index is 0.612. The first kappa shape index (κ1) is 31.7. The average Bonchev–Trinajstić information content (AvgIpc) is 3.81. The van der Waals surface area contributed by atoms with Crippen LogP contribution in [0, 0.1) is 0 Å². The molecule has 0 aliphatic carbocycles. The van der Waals surface area contributed by atoms with Gasteiger partial charge in [-0.25, -0.2) is 24.9 Å². The maximum atomic E-state index is 6.74. The zero-order valence-corrected chi connectivity index (χ0v) is 29.9. The van der Waals surface area contributed by atoms with Crippen LogP contribution in [0.2, 0.25) is 0 Å². The van der Waals surface area contributed by atoms with Crippen LogP contribution in [0.25, 0.3) is 106 Å². The quantitative estimate of drug-likeness (QED) is 0.170. The van der Waals surface area contributed by atoms with Gasteiger partial charge in [0.25, 0.3) is 0 Å². The lowest BCUT2D eigenvalue weighted by molar-refractivity contribution is 0.667. The number of nitrogens with zero attached hydrogens (tertiary/aromatic N) is 6. The fraction of sp³-hybridized carbons (Fsp3) is 0. The lowest BCUT2D eigenvalue weighted by atomic mass is 10.1. The zero-order chi connectivity index (χ0) is 37.0. The predicted molar refractivity (Wildman–Crippen MR) is 224 cm³/mol. The number of hydrogen-bond donors (Lipinski definition) is 0. The number of rotatable bonds is 6. The highest BCUT2D eigenvalue weighted by molar-refractivity contribution is 6.17. The Bertz CT molecular complexity index is 3160. The SMILES string of the molecule is c1ccc(-c2nc(-c3ccccc3)nc(-c3ccc(-n4c5ccccc5c5cc6c(cc54)oc4c(-c5ccccc5)nc(-c5ccccc5)nc46)cc3)n2)cc1. The average molecular weight is 719 g/mol. The van der Waals surface area contributed by atoms with Crippen molar-refractivity contribution < 1.29 is 4.42 Å². The van der Waals surface area contributed by atoms with Crippen LogP contribution in [-0.4, -0.2) is 29.5 Å². The molecule has 0 fully saturated rings. The molecule has 11 rings (SSSR count). The van der Waals surface area contributed by atoms with Crippen LogP contribution in [-0.2, 0) is 0 Å². The second-order valence-corrected chi connectivity index (χ2v) is 13.7. The second-order valence-electron chi connectivity index (χ2n) is 13.7. The monoisotopic (exact) mass is 718 g/mol. The Morgan fingerprint density at radius 3 is 1.41 bits per heavy atom. The smallest absolute Gasteiger partial charge is 0.180 e. The first-order valence-corrected chi connectivity index (χ1v) is 18.5. The summed E-state index contributed by atoms with van der Waals surface area (Å²) in [6, 6.07) is 61.7. The van der Waals surface area contributed by atoms with E-state index >= 15 is 0 Å². The van der Waals surface area contributed by atoms with Crippen molar-refractivity contribution in [3.63, 3.8) is 0 Å². The summed E-state index contributed by atoms with van der Waals surface area (Å²) in [4.78, 5) is 25.0. The molecule has 0 saturated carbocycles. The molecule has 0 N–H and O–H groups in total. The number of furan rings is 1. The van der Waals surface area contributed by atoms with Gasteiger partial charge in [0, 0.05) is 55.7 Å². The third-order valence-electron chi connectivity index (χ3n) is 10.3. The van der Waals surface area contributed by atoms with Crippen LogP contribution in [0.4, 0.5) is 0 Å². The summed E-state index contributed by atoms with van der Waals surface area (Å²) in [5, 5.41) is 3.19. The van der Waals surface area contributed by atoms with E-state index in [0.29, 0.717) is 28.9 Å². The highest BCUT2D eigenvalue weighted by Gasteiger charge is 2.21. The normalized spacial score (nSPS) is 11.6. The summed E-state index contributed by atoms with van der Waals surface area (Å²) >= 11 is 0. The predicted octanol–water partition coefficient (Wildman–Crippen LogP) is 12.0. The minimum Gasteiger partial charge on any atom is -0.452 e. The van der Waals surface area contributed by atoms with Crippen molar-refractivity contribution in [2.75, 3.05) is 0 Å². The zero-order valence-electron chi connectivity index (χ0n) is 29.9. The molecule has 0 unspecified atom stereocenters. The Morgan fingerprint density at radius 1 is 0.357 bits per heavy atom. The van der Waals surface area contributed by atoms with Gasteiger partial charge in [-0.1, -0.05) is 140 Å². The highest BCUT2D eigenvalue weighted by atomic mass is 16.3. The van der Waals surface area contributed by atoms with Crippen molar-refractivity contribution in [1.82, 2.24) is 29.5 Å². The van der Waals surface area contributed by atoms with Crippen molar-refractivity contribution in [1.29, 1.82) is 0 Å². The van der Waals surface area contributed by atoms with E-state index in [1.54, 1.807) is 0 Å². The lowest BCUT2D eigenvalue weighted by Gasteiger charge is -2.10. The Labute approximate surface area is 321 Å². The van der Waals surface area contributed by atoms with Crippen molar-refractivity contribution in [2.45, 2.75) is 0 Å². The Hall–Kier alpha value is -7.77. The van der Waals surface area contributed by atoms with Gasteiger partial charge in [-0.2, -0.15) is 0 Å². The molecular weight excluding hydrogens is 689 g/mol. The minimum atomic E-state index is 0.612. The topological polar surface area (TPSA) is 82.5 Å². The van der Waals surface area contributed by atoms with Crippen LogP contribution in [0.3, 0.4) is 0 Å². The van der Waals surface area contributed by atoms with E-state index in [2.05, 4.69) is 77.4 Å². The molecule has 0 saturated heterocycles. The van der Waals surface area contributed by atoms with E-state index in [-0.39, 0.29) is 0 Å². The van der Waals surface area contributed by atoms with Gasteiger partial charge in [0.2, 0.25) is 0 Å². The second kappa shape index (κ2) is 13.0. The van der Waals surface area contributed by atoms with Crippen molar-refractivity contribution in [3.8, 4) is 62.5 Å². The molecule has 7 heteroatoms. The van der Waals surface area contributed by atoms with E-state index in [4.69, 9.17) is 29.3 Å².